The Kier molecular flexibility index (Phi) is 10.2. The number of rotatable bonds is 10. The Morgan fingerprint density at radius 3 is 2.60 bits per heavy atom. The zero-order valence-corrected chi connectivity index (χ0v) is 24.1. The van der Waals surface area contributed by atoms with Crippen LogP contribution in [0.5, 0.6) is 5.75 Å². The predicted octanol–water partition coefficient (Wildman–Crippen LogP) is 6.71. The number of hydrogen-bond acceptors (Lipinski definition) is 6. The highest BCUT2D eigenvalue weighted by molar-refractivity contribution is 7.97. The molecular formula is C30H38F3N5OS. The van der Waals surface area contributed by atoms with Crippen LogP contribution in [0.15, 0.2) is 47.4 Å². The van der Waals surface area contributed by atoms with Crippen LogP contribution in [0, 0.1) is 11.8 Å². The molecule has 0 aliphatic carbocycles. The Hall–Kier alpha value is -3.00. The Bertz CT molecular complexity index is 1340. The van der Waals surface area contributed by atoms with Crippen molar-refractivity contribution in [3.05, 3.63) is 48.2 Å². The zero-order valence-electron chi connectivity index (χ0n) is 23.3. The first-order chi connectivity index (χ1) is 19.2. The Labute approximate surface area is 238 Å². The Morgan fingerprint density at radius 1 is 1.15 bits per heavy atom. The number of fused-ring (bicyclic) bond motifs is 1. The number of halogens is 3. The molecule has 0 bridgehead atoms. The third-order valence-electron chi connectivity index (χ3n) is 7.39. The van der Waals surface area contributed by atoms with Crippen molar-refractivity contribution in [2.75, 3.05) is 37.4 Å². The number of benzene rings is 2. The van der Waals surface area contributed by atoms with E-state index in [1.54, 1.807) is 19.2 Å². The minimum absolute atomic E-state index is 0.235. The van der Waals surface area contributed by atoms with Gasteiger partial charge in [0.1, 0.15) is 12.3 Å². The number of aromatic nitrogens is 1. The highest BCUT2D eigenvalue weighted by Gasteiger charge is 2.30. The third-order valence-corrected chi connectivity index (χ3v) is 7.92. The van der Waals surface area contributed by atoms with Gasteiger partial charge in [0.05, 0.1) is 30.6 Å². The molecule has 1 fully saturated rings. The van der Waals surface area contributed by atoms with Crippen molar-refractivity contribution in [1.29, 1.82) is 0 Å². The maximum atomic E-state index is 13.6. The second kappa shape index (κ2) is 13.6. The molecule has 2 heterocycles. The first-order valence-corrected chi connectivity index (χ1v) is 14.6. The van der Waals surface area contributed by atoms with E-state index in [9.17, 15) is 13.2 Å². The fraction of sp³-hybridized carbons (Fsp3) is 0.467. The predicted molar refractivity (Wildman–Crippen MR) is 159 cm³/mol. The van der Waals surface area contributed by atoms with Crippen LogP contribution in [0.4, 0.5) is 24.5 Å². The first-order valence-electron chi connectivity index (χ1n) is 13.7. The number of hydrogen-bond donors (Lipinski definition) is 3. The van der Waals surface area contributed by atoms with E-state index in [4.69, 9.17) is 9.88 Å². The summed E-state index contributed by atoms with van der Waals surface area (Å²) in [6.45, 7) is 5.67. The molecule has 2 aromatic carbocycles. The van der Waals surface area contributed by atoms with Gasteiger partial charge in [-0.1, -0.05) is 25.3 Å². The van der Waals surface area contributed by atoms with Gasteiger partial charge in [-0.15, -0.1) is 0 Å². The summed E-state index contributed by atoms with van der Waals surface area (Å²) in [7, 11) is 1.56. The van der Waals surface area contributed by atoms with Crippen LogP contribution in [0.1, 0.15) is 45.2 Å². The molecule has 0 spiro atoms. The van der Waals surface area contributed by atoms with Gasteiger partial charge in [-0.3, -0.25) is 5.14 Å². The van der Waals surface area contributed by atoms with E-state index < -0.39 is 12.7 Å². The van der Waals surface area contributed by atoms with E-state index in [1.165, 1.54) is 17.4 Å². The van der Waals surface area contributed by atoms with Gasteiger partial charge in [0, 0.05) is 41.1 Å². The number of ether oxygens (including phenoxy) is 1. The minimum atomic E-state index is -4.37. The largest absolute Gasteiger partial charge is 0.495 e. The summed E-state index contributed by atoms with van der Waals surface area (Å²) < 4.78 is 47.4. The summed E-state index contributed by atoms with van der Waals surface area (Å²) in [5.74, 6) is 6.57. The van der Waals surface area contributed by atoms with Gasteiger partial charge in [-0.2, -0.15) is 13.2 Å². The van der Waals surface area contributed by atoms with Gasteiger partial charge >= 0.3 is 6.18 Å². The molecule has 1 saturated heterocycles. The topological polar surface area (TPSA) is 67.5 Å². The van der Waals surface area contributed by atoms with E-state index >= 15 is 0 Å². The summed E-state index contributed by atoms with van der Waals surface area (Å²) in [6.07, 6.45) is -0.00727. The van der Waals surface area contributed by atoms with Crippen LogP contribution in [-0.2, 0) is 6.54 Å². The van der Waals surface area contributed by atoms with Crippen molar-refractivity contribution < 1.29 is 17.9 Å². The molecule has 4 N–H and O–H groups in total. The lowest BCUT2D eigenvalue weighted by Crippen LogP contribution is -2.43. The lowest BCUT2D eigenvalue weighted by Gasteiger charge is -2.36. The van der Waals surface area contributed by atoms with Crippen LogP contribution >= 0.6 is 11.9 Å². The van der Waals surface area contributed by atoms with Crippen molar-refractivity contribution in [2.45, 2.75) is 69.2 Å². The van der Waals surface area contributed by atoms with Crippen LogP contribution in [-0.4, -0.2) is 54.5 Å². The Balaban J connectivity index is 1.53. The summed E-state index contributed by atoms with van der Waals surface area (Å²) >= 11 is 1.12. The van der Waals surface area contributed by atoms with Crippen LogP contribution < -0.4 is 20.5 Å². The molecule has 0 saturated carbocycles. The highest BCUT2D eigenvalue weighted by atomic mass is 32.2. The molecular weight excluding hydrogens is 535 g/mol. The third kappa shape index (κ3) is 7.59. The maximum absolute atomic E-state index is 13.6. The number of piperidine rings is 1. The van der Waals surface area contributed by atoms with Crippen molar-refractivity contribution in [3.63, 3.8) is 0 Å². The number of nitrogens with zero attached hydrogens (tertiary/aromatic N) is 2. The Morgan fingerprint density at radius 2 is 1.93 bits per heavy atom. The molecule has 4 rings (SSSR count). The molecule has 10 heteroatoms. The van der Waals surface area contributed by atoms with E-state index in [0.29, 0.717) is 23.0 Å². The number of nitrogens with two attached hydrogens (primary N) is 1. The lowest BCUT2D eigenvalue weighted by atomic mass is 10.0. The number of nitrogens with one attached hydrogen (secondary N) is 2. The monoisotopic (exact) mass is 573 g/mol. The molecule has 40 heavy (non-hydrogen) atoms. The molecule has 1 unspecified atom stereocenters. The summed E-state index contributed by atoms with van der Waals surface area (Å²) in [6, 6.07) is 13.6. The molecule has 1 aliphatic heterocycles. The molecule has 216 valence electrons. The molecule has 1 aliphatic rings. The summed E-state index contributed by atoms with van der Waals surface area (Å²) in [5, 5.41) is 13.2. The maximum Gasteiger partial charge on any atom is 0.406 e. The number of methoxy groups -OCH3 is 1. The molecule has 1 atom stereocenters. The second-order valence-electron chi connectivity index (χ2n) is 10.2. The summed E-state index contributed by atoms with van der Waals surface area (Å²) in [4.78, 5) is 3.39. The second-order valence-corrected chi connectivity index (χ2v) is 10.9. The normalized spacial score (nSPS) is 15.5. The number of anilines is 2. The fourth-order valence-corrected chi connectivity index (χ4v) is 5.66. The van der Waals surface area contributed by atoms with Crippen molar-refractivity contribution in [1.82, 2.24) is 9.47 Å². The van der Waals surface area contributed by atoms with Crippen LogP contribution in [0.3, 0.4) is 0 Å². The van der Waals surface area contributed by atoms with Gasteiger partial charge in [0.25, 0.3) is 0 Å². The number of likely N-dealkylation sites (tertiary alicyclic amines) is 1. The van der Waals surface area contributed by atoms with E-state index in [-0.39, 0.29) is 12.6 Å². The molecule has 0 amide bonds. The van der Waals surface area contributed by atoms with Crippen LogP contribution in [0.25, 0.3) is 10.9 Å². The highest BCUT2D eigenvalue weighted by Crippen LogP contribution is 2.32. The SMILES string of the molecule is CCCC(C)N1CCC(Nc2cccc3c2cc(C#CCNc2ccc(SN)cc2OC)n3CC(F)(F)F)CC1. The van der Waals surface area contributed by atoms with Crippen molar-refractivity contribution in [3.8, 4) is 17.6 Å². The minimum Gasteiger partial charge on any atom is -0.495 e. The number of alkyl halides is 3. The van der Waals surface area contributed by atoms with E-state index in [2.05, 4.69) is 41.2 Å². The van der Waals surface area contributed by atoms with E-state index in [1.807, 2.05) is 30.3 Å². The van der Waals surface area contributed by atoms with Crippen molar-refractivity contribution in [2.24, 2.45) is 5.14 Å². The smallest absolute Gasteiger partial charge is 0.406 e. The quantitative estimate of drug-likeness (QED) is 0.185. The molecule has 3 aromatic rings. The lowest BCUT2D eigenvalue weighted by molar-refractivity contribution is -0.140. The van der Waals surface area contributed by atoms with E-state index in [0.717, 1.165) is 59.5 Å². The molecule has 0 radical (unpaired) electrons. The first kappa shape index (κ1) is 30.0. The van der Waals surface area contributed by atoms with Crippen LogP contribution in [0.2, 0.25) is 0 Å². The molecule has 1 aromatic heterocycles. The fourth-order valence-electron chi connectivity index (χ4n) is 5.33. The molecule has 6 nitrogen and oxygen atoms in total. The van der Waals surface area contributed by atoms with Crippen molar-refractivity contribution >= 4 is 34.2 Å². The van der Waals surface area contributed by atoms with Gasteiger partial charge in [0.2, 0.25) is 0 Å². The van der Waals surface area contributed by atoms with Gasteiger partial charge in [0.15, 0.2) is 0 Å². The zero-order chi connectivity index (χ0) is 28.7. The van der Waals surface area contributed by atoms with Gasteiger partial charge in [-0.05, 0) is 80.5 Å². The summed E-state index contributed by atoms with van der Waals surface area (Å²) in [5.41, 5.74) is 2.42. The van der Waals surface area contributed by atoms with Gasteiger partial charge in [-0.25, -0.2) is 0 Å². The standard InChI is InChI=1S/C30H38F3N5OS/c1-4-7-21(2)37-16-13-22(14-17-37)36-26-9-5-10-28-25(26)18-23(38(28)20-30(31,32)33)8-6-15-35-27-12-11-24(40-34)19-29(27)39-3/h5,9-12,18-19,21-22,35-36H,4,7,13-17,20,34H2,1-3H3. The van der Waals surface area contributed by atoms with Gasteiger partial charge < -0.3 is 24.8 Å². The average molecular weight is 574 g/mol. The average Bonchev–Trinajstić information content (AvgIpc) is 3.28.